The van der Waals surface area contributed by atoms with Gasteiger partial charge in [0.2, 0.25) is 5.91 Å². The second-order valence-corrected chi connectivity index (χ2v) is 5.27. The van der Waals surface area contributed by atoms with Gasteiger partial charge in [-0.2, -0.15) is 0 Å². The zero-order valence-corrected chi connectivity index (χ0v) is 12.0. The lowest BCUT2D eigenvalue weighted by Crippen LogP contribution is -2.24. The number of hydrogen-bond donors (Lipinski definition) is 2. The van der Waals surface area contributed by atoms with Crippen molar-refractivity contribution in [2.75, 3.05) is 12.4 Å². The Balaban J connectivity index is 1.84. The third-order valence-electron chi connectivity index (χ3n) is 2.49. The van der Waals surface area contributed by atoms with Crippen LogP contribution >= 0.6 is 22.9 Å². The lowest BCUT2D eigenvalue weighted by Gasteiger charge is -2.04. The van der Waals surface area contributed by atoms with Crippen LogP contribution in [0.15, 0.2) is 29.6 Å². The topological polar surface area (TPSA) is 54.0 Å². The molecular formula is C13H14ClN3OS. The first-order valence-electron chi connectivity index (χ1n) is 5.80. The van der Waals surface area contributed by atoms with Gasteiger partial charge in [0, 0.05) is 17.5 Å². The number of halogens is 1. The second kappa shape index (κ2) is 6.54. The van der Waals surface area contributed by atoms with E-state index in [-0.39, 0.29) is 5.91 Å². The van der Waals surface area contributed by atoms with Crippen LogP contribution in [0.1, 0.15) is 11.3 Å². The van der Waals surface area contributed by atoms with E-state index in [9.17, 15) is 4.79 Å². The minimum atomic E-state index is -0.0405. The maximum absolute atomic E-state index is 11.8. The molecule has 0 radical (unpaired) electrons. The van der Waals surface area contributed by atoms with Crippen molar-refractivity contribution in [2.45, 2.75) is 13.0 Å². The van der Waals surface area contributed by atoms with E-state index in [4.69, 9.17) is 11.6 Å². The van der Waals surface area contributed by atoms with E-state index in [1.807, 2.05) is 24.6 Å². The molecule has 6 heteroatoms. The molecule has 2 aromatic rings. The van der Waals surface area contributed by atoms with Gasteiger partial charge in [0.15, 0.2) is 5.13 Å². The van der Waals surface area contributed by atoms with Crippen molar-refractivity contribution in [3.63, 3.8) is 0 Å². The molecule has 19 heavy (non-hydrogen) atoms. The molecule has 0 saturated carbocycles. The van der Waals surface area contributed by atoms with Crippen LogP contribution < -0.4 is 10.6 Å². The Morgan fingerprint density at radius 2 is 2.32 bits per heavy atom. The highest BCUT2D eigenvalue weighted by atomic mass is 35.5. The lowest BCUT2D eigenvalue weighted by molar-refractivity contribution is -0.120. The summed E-state index contributed by atoms with van der Waals surface area (Å²) in [5.74, 6) is -0.0405. The van der Waals surface area contributed by atoms with Crippen LogP contribution in [0.2, 0.25) is 5.02 Å². The predicted octanol–water partition coefficient (Wildman–Crippen LogP) is 2.70. The quantitative estimate of drug-likeness (QED) is 0.892. The summed E-state index contributed by atoms with van der Waals surface area (Å²) in [5.41, 5.74) is 1.76. The minimum Gasteiger partial charge on any atom is -0.365 e. The fourth-order valence-electron chi connectivity index (χ4n) is 1.59. The molecule has 2 N–H and O–H groups in total. The molecule has 4 nitrogen and oxygen atoms in total. The van der Waals surface area contributed by atoms with Crippen molar-refractivity contribution in [3.8, 4) is 0 Å². The number of nitrogens with one attached hydrogen (secondary N) is 2. The zero-order valence-electron chi connectivity index (χ0n) is 10.4. The predicted molar refractivity (Wildman–Crippen MR) is 78.7 cm³/mol. The summed E-state index contributed by atoms with van der Waals surface area (Å²) in [6.07, 6.45) is 0.323. The summed E-state index contributed by atoms with van der Waals surface area (Å²) in [6.45, 7) is 0.442. The first kappa shape index (κ1) is 13.8. The highest BCUT2D eigenvalue weighted by molar-refractivity contribution is 7.13. The van der Waals surface area contributed by atoms with Gasteiger partial charge in [-0.3, -0.25) is 4.79 Å². The summed E-state index contributed by atoms with van der Waals surface area (Å²) >= 11 is 7.39. The maximum Gasteiger partial charge on any atom is 0.224 e. The molecule has 1 aromatic heterocycles. The lowest BCUT2D eigenvalue weighted by atomic mass is 10.1. The van der Waals surface area contributed by atoms with E-state index < -0.39 is 0 Å². The monoisotopic (exact) mass is 295 g/mol. The molecule has 1 amide bonds. The molecule has 0 aliphatic heterocycles. The van der Waals surface area contributed by atoms with Gasteiger partial charge in [0.1, 0.15) is 0 Å². The highest BCUT2D eigenvalue weighted by Gasteiger charge is 2.05. The average molecular weight is 296 g/mol. The van der Waals surface area contributed by atoms with Crippen LogP contribution in [0.3, 0.4) is 0 Å². The number of nitrogens with zero attached hydrogens (tertiary/aromatic N) is 1. The molecule has 0 spiro atoms. The molecule has 0 fully saturated rings. The SMILES string of the molecule is CNc1nc(CNC(=O)Cc2cccc(Cl)c2)cs1. The Morgan fingerprint density at radius 1 is 1.47 bits per heavy atom. The maximum atomic E-state index is 11.8. The number of benzene rings is 1. The van der Waals surface area contributed by atoms with Crippen molar-refractivity contribution >= 4 is 34.0 Å². The van der Waals surface area contributed by atoms with Crippen LogP contribution in [0.25, 0.3) is 0 Å². The van der Waals surface area contributed by atoms with Crippen molar-refractivity contribution < 1.29 is 4.79 Å². The zero-order chi connectivity index (χ0) is 13.7. The Morgan fingerprint density at radius 3 is 3.00 bits per heavy atom. The molecule has 100 valence electrons. The van der Waals surface area contributed by atoms with E-state index in [1.165, 1.54) is 11.3 Å². The van der Waals surface area contributed by atoms with Gasteiger partial charge in [0.05, 0.1) is 18.7 Å². The Kier molecular flexibility index (Phi) is 4.76. The van der Waals surface area contributed by atoms with Gasteiger partial charge < -0.3 is 10.6 Å². The number of rotatable bonds is 5. The van der Waals surface area contributed by atoms with Crippen LogP contribution in [-0.4, -0.2) is 17.9 Å². The van der Waals surface area contributed by atoms with Gasteiger partial charge in [0.25, 0.3) is 0 Å². The summed E-state index contributed by atoms with van der Waals surface area (Å²) in [6, 6.07) is 7.30. The number of carbonyl (C=O) groups is 1. The van der Waals surface area contributed by atoms with Gasteiger partial charge in [-0.05, 0) is 17.7 Å². The van der Waals surface area contributed by atoms with Crippen LogP contribution in [0, 0.1) is 0 Å². The molecule has 0 bridgehead atoms. The molecule has 0 unspecified atom stereocenters. The fraction of sp³-hybridized carbons (Fsp3) is 0.231. The number of thiazole rings is 1. The van der Waals surface area contributed by atoms with E-state index >= 15 is 0 Å². The van der Waals surface area contributed by atoms with Gasteiger partial charge in [-0.1, -0.05) is 23.7 Å². The molecule has 0 aliphatic carbocycles. The second-order valence-electron chi connectivity index (χ2n) is 3.98. The molecule has 1 heterocycles. The third kappa shape index (κ3) is 4.22. The number of aromatic nitrogens is 1. The average Bonchev–Trinajstić information content (AvgIpc) is 2.84. The molecule has 0 atom stereocenters. The summed E-state index contributed by atoms with van der Waals surface area (Å²) in [5, 5.41) is 9.21. The number of anilines is 1. The normalized spacial score (nSPS) is 10.2. The van der Waals surface area contributed by atoms with Gasteiger partial charge in [-0.15, -0.1) is 11.3 Å². The molecule has 2 rings (SSSR count). The first-order chi connectivity index (χ1) is 9.17. The summed E-state index contributed by atoms with van der Waals surface area (Å²) in [4.78, 5) is 16.1. The van der Waals surface area contributed by atoms with Crippen molar-refractivity contribution in [1.29, 1.82) is 0 Å². The number of hydrogen-bond acceptors (Lipinski definition) is 4. The Bertz CT molecular complexity index is 571. The highest BCUT2D eigenvalue weighted by Crippen LogP contribution is 2.14. The summed E-state index contributed by atoms with van der Waals surface area (Å²) < 4.78 is 0. The number of carbonyl (C=O) groups excluding carboxylic acids is 1. The van der Waals surface area contributed by atoms with Crippen molar-refractivity contribution in [1.82, 2.24) is 10.3 Å². The molecular weight excluding hydrogens is 282 g/mol. The smallest absolute Gasteiger partial charge is 0.224 e. The molecule has 1 aromatic carbocycles. The van der Waals surface area contributed by atoms with Crippen LogP contribution in [-0.2, 0) is 17.8 Å². The number of amides is 1. The van der Waals surface area contributed by atoms with Crippen LogP contribution in [0.4, 0.5) is 5.13 Å². The van der Waals surface area contributed by atoms with Gasteiger partial charge >= 0.3 is 0 Å². The van der Waals surface area contributed by atoms with E-state index in [1.54, 1.807) is 12.1 Å². The largest absolute Gasteiger partial charge is 0.365 e. The van der Waals surface area contributed by atoms with E-state index in [2.05, 4.69) is 15.6 Å². The standard InChI is InChI=1S/C13H14ClN3OS/c1-15-13-17-11(8-19-13)7-16-12(18)6-9-3-2-4-10(14)5-9/h2-5,8H,6-7H2,1H3,(H,15,17)(H,16,18). The minimum absolute atomic E-state index is 0.0405. The Hall–Kier alpha value is -1.59. The fourth-order valence-corrected chi connectivity index (χ4v) is 2.47. The first-order valence-corrected chi connectivity index (χ1v) is 7.06. The molecule has 0 aliphatic rings. The van der Waals surface area contributed by atoms with Crippen molar-refractivity contribution in [3.05, 3.63) is 45.9 Å². The molecule has 0 saturated heterocycles. The van der Waals surface area contributed by atoms with E-state index in [0.29, 0.717) is 18.0 Å². The van der Waals surface area contributed by atoms with Crippen LogP contribution in [0.5, 0.6) is 0 Å². The van der Waals surface area contributed by atoms with Crippen molar-refractivity contribution in [2.24, 2.45) is 0 Å². The third-order valence-corrected chi connectivity index (χ3v) is 3.63. The Labute approximate surface area is 120 Å². The van der Waals surface area contributed by atoms with E-state index in [0.717, 1.165) is 16.4 Å². The summed E-state index contributed by atoms with van der Waals surface area (Å²) in [7, 11) is 1.82. The van der Waals surface area contributed by atoms with Gasteiger partial charge in [-0.25, -0.2) is 4.98 Å².